The second-order valence-electron chi connectivity index (χ2n) is 6.13. The van der Waals surface area contributed by atoms with Crippen molar-refractivity contribution in [2.45, 2.75) is 59.0 Å². The number of nitrogens with one attached hydrogen (secondary N) is 1. The van der Waals surface area contributed by atoms with E-state index in [1.165, 1.54) is 0 Å². The molecule has 1 fully saturated rings. The second-order valence-corrected chi connectivity index (χ2v) is 7.07. The molecule has 1 aliphatic heterocycles. The summed E-state index contributed by atoms with van der Waals surface area (Å²) in [6.07, 6.45) is 2.30. The molecule has 0 radical (unpaired) electrons. The third kappa shape index (κ3) is 3.66. The van der Waals surface area contributed by atoms with Gasteiger partial charge >= 0.3 is 0 Å². The summed E-state index contributed by atoms with van der Waals surface area (Å²) >= 11 is 1.62. The van der Waals surface area contributed by atoms with Crippen molar-refractivity contribution < 1.29 is 9.59 Å². The zero-order valence-corrected chi connectivity index (χ0v) is 14.6. The first kappa shape index (κ1) is 16.9. The van der Waals surface area contributed by atoms with Crippen LogP contribution in [0.3, 0.4) is 0 Å². The Balaban J connectivity index is 2.06. The maximum atomic E-state index is 12.6. The Kier molecular flexibility index (Phi) is 5.56. The molecule has 2 amide bonds. The van der Waals surface area contributed by atoms with Crippen LogP contribution in [-0.4, -0.2) is 34.3 Å². The highest BCUT2D eigenvalue weighted by Gasteiger charge is 2.35. The molecule has 0 bridgehead atoms. The zero-order chi connectivity index (χ0) is 16.3. The molecule has 0 aliphatic carbocycles. The lowest BCUT2D eigenvalue weighted by molar-refractivity contribution is -0.139. The molecule has 1 aromatic rings. The van der Waals surface area contributed by atoms with E-state index < -0.39 is 0 Å². The molecule has 2 atom stereocenters. The number of carbonyl (C=O) groups is 2. The minimum Gasteiger partial charge on any atom is -0.346 e. The van der Waals surface area contributed by atoms with Crippen LogP contribution >= 0.6 is 11.3 Å². The standard InChI is InChI=1S/C16H25N3O2S/c1-5-13-18-12(9-22-13)11(4)17-16(21)15(10(2)3)19-8-6-7-14(19)20/h9-11,15H,5-8H2,1-4H3,(H,17,21). The van der Waals surface area contributed by atoms with Crippen molar-refractivity contribution in [2.24, 2.45) is 5.92 Å². The number of hydrogen-bond acceptors (Lipinski definition) is 4. The highest BCUT2D eigenvalue weighted by atomic mass is 32.1. The van der Waals surface area contributed by atoms with E-state index >= 15 is 0 Å². The Morgan fingerprint density at radius 3 is 2.68 bits per heavy atom. The molecule has 1 aliphatic rings. The highest BCUT2D eigenvalue weighted by Crippen LogP contribution is 2.21. The molecule has 2 rings (SSSR count). The summed E-state index contributed by atoms with van der Waals surface area (Å²) in [7, 11) is 0. The van der Waals surface area contributed by atoms with Gasteiger partial charge in [-0.15, -0.1) is 11.3 Å². The summed E-state index contributed by atoms with van der Waals surface area (Å²) < 4.78 is 0. The predicted octanol–water partition coefficient (Wildman–Crippen LogP) is 2.53. The third-order valence-electron chi connectivity index (χ3n) is 4.02. The summed E-state index contributed by atoms with van der Waals surface area (Å²) in [4.78, 5) is 30.9. The SMILES string of the molecule is CCc1nc(C(C)NC(=O)C(C(C)C)N2CCCC2=O)cs1. The van der Waals surface area contributed by atoms with Crippen molar-refractivity contribution >= 4 is 23.2 Å². The highest BCUT2D eigenvalue weighted by molar-refractivity contribution is 7.09. The molecule has 1 aromatic heterocycles. The lowest BCUT2D eigenvalue weighted by Crippen LogP contribution is -2.50. The number of rotatable bonds is 6. The Morgan fingerprint density at radius 1 is 1.45 bits per heavy atom. The van der Waals surface area contributed by atoms with E-state index in [9.17, 15) is 9.59 Å². The molecule has 1 saturated heterocycles. The molecule has 122 valence electrons. The van der Waals surface area contributed by atoms with Crippen LogP contribution in [0.2, 0.25) is 0 Å². The summed E-state index contributed by atoms with van der Waals surface area (Å²) in [5.74, 6) is 0.100. The summed E-state index contributed by atoms with van der Waals surface area (Å²) in [5, 5.41) is 6.09. The van der Waals surface area contributed by atoms with Crippen molar-refractivity contribution in [1.82, 2.24) is 15.2 Å². The first-order chi connectivity index (χ1) is 10.4. The fourth-order valence-electron chi connectivity index (χ4n) is 2.83. The Bertz CT molecular complexity index is 541. The molecule has 2 unspecified atom stereocenters. The maximum Gasteiger partial charge on any atom is 0.243 e. The van der Waals surface area contributed by atoms with Gasteiger partial charge in [0.1, 0.15) is 6.04 Å². The number of nitrogens with zero attached hydrogens (tertiary/aromatic N) is 2. The molecular weight excluding hydrogens is 298 g/mol. The maximum absolute atomic E-state index is 12.6. The van der Waals surface area contributed by atoms with Crippen molar-refractivity contribution in [1.29, 1.82) is 0 Å². The lowest BCUT2D eigenvalue weighted by atomic mass is 10.0. The van der Waals surface area contributed by atoms with E-state index in [0.717, 1.165) is 23.5 Å². The van der Waals surface area contributed by atoms with Gasteiger partial charge < -0.3 is 10.2 Å². The molecular formula is C16H25N3O2S. The second kappa shape index (κ2) is 7.22. The molecule has 22 heavy (non-hydrogen) atoms. The van der Waals surface area contributed by atoms with E-state index in [2.05, 4.69) is 17.2 Å². The smallest absolute Gasteiger partial charge is 0.243 e. The topological polar surface area (TPSA) is 62.3 Å². The third-order valence-corrected chi connectivity index (χ3v) is 5.03. The first-order valence-electron chi connectivity index (χ1n) is 7.98. The van der Waals surface area contributed by atoms with Gasteiger partial charge in [0.25, 0.3) is 0 Å². The van der Waals surface area contributed by atoms with Gasteiger partial charge in [0, 0.05) is 18.3 Å². The van der Waals surface area contributed by atoms with Crippen molar-refractivity contribution in [3.63, 3.8) is 0 Å². The largest absolute Gasteiger partial charge is 0.346 e. The molecule has 0 aromatic carbocycles. The number of carbonyl (C=O) groups excluding carboxylic acids is 2. The van der Waals surface area contributed by atoms with E-state index in [1.807, 2.05) is 26.2 Å². The van der Waals surface area contributed by atoms with E-state index in [0.29, 0.717) is 13.0 Å². The number of thiazole rings is 1. The monoisotopic (exact) mass is 323 g/mol. The number of amides is 2. The lowest BCUT2D eigenvalue weighted by Gasteiger charge is -2.30. The van der Waals surface area contributed by atoms with E-state index in [4.69, 9.17) is 0 Å². The van der Waals surface area contributed by atoms with Gasteiger partial charge in [-0.1, -0.05) is 20.8 Å². The Hall–Kier alpha value is -1.43. The molecule has 6 heteroatoms. The zero-order valence-electron chi connectivity index (χ0n) is 13.8. The van der Waals surface area contributed by atoms with Crippen LogP contribution in [0.5, 0.6) is 0 Å². The van der Waals surface area contributed by atoms with Crippen LogP contribution in [-0.2, 0) is 16.0 Å². The van der Waals surface area contributed by atoms with Crippen LogP contribution in [0.4, 0.5) is 0 Å². The molecule has 2 heterocycles. The van der Waals surface area contributed by atoms with E-state index in [-0.39, 0.29) is 29.8 Å². The normalized spacial score (nSPS) is 17.9. The minimum atomic E-state index is -0.387. The molecule has 1 N–H and O–H groups in total. The quantitative estimate of drug-likeness (QED) is 0.875. The minimum absolute atomic E-state index is 0.0798. The van der Waals surface area contributed by atoms with Gasteiger partial charge in [0.2, 0.25) is 11.8 Å². The van der Waals surface area contributed by atoms with Crippen LogP contribution in [0.15, 0.2) is 5.38 Å². The fourth-order valence-corrected chi connectivity index (χ4v) is 3.66. The van der Waals surface area contributed by atoms with Crippen molar-refractivity contribution in [3.8, 4) is 0 Å². The molecule has 0 saturated carbocycles. The Labute approximate surface area is 136 Å². The van der Waals surface area contributed by atoms with Gasteiger partial charge in [-0.3, -0.25) is 9.59 Å². The molecule has 0 spiro atoms. The van der Waals surface area contributed by atoms with Gasteiger partial charge in [0.05, 0.1) is 16.7 Å². The average molecular weight is 323 g/mol. The first-order valence-corrected chi connectivity index (χ1v) is 8.86. The fraction of sp³-hybridized carbons (Fsp3) is 0.688. The number of aromatic nitrogens is 1. The predicted molar refractivity (Wildman–Crippen MR) is 87.6 cm³/mol. The van der Waals surface area contributed by atoms with Crippen molar-refractivity contribution in [2.75, 3.05) is 6.54 Å². The van der Waals surface area contributed by atoms with Crippen LogP contribution in [0, 0.1) is 5.92 Å². The van der Waals surface area contributed by atoms with Crippen LogP contribution in [0.1, 0.15) is 57.3 Å². The van der Waals surface area contributed by atoms with E-state index in [1.54, 1.807) is 16.2 Å². The van der Waals surface area contributed by atoms with Gasteiger partial charge in [-0.2, -0.15) is 0 Å². The van der Waals surface area contributed by atoms with Crippen molar-refractivity contribution in [3.05, 3.63) is 16.1 Å². The number of aryl methyl sites for hydroxylation is 1. The molecule has 5 nitrogen and oxygen atoms in total. The summed E-state index contributed by atoms with van der Waals surface area (Å²) in [6.45, 7) is 8.66. The summed E-state index contributed by atoms with van der Waals surface area (Å²) in [6, 6.07) is -0.523. The van der Waals surface area contributed by atoms with Gasteiger partial charge in [0.15, 0.2) is 0 Å². The summed E-state index contributed by atoms with van der Waals surface area (Å²) in [5.41, 5.74) is 0.894. The van der Waals surface area contributed by atoms with Crippen LogP contribution < -0.4 is 5.32 Å². The average Bonchev–Trinajstić information content (AvgIpc) is 3.08. The van der Waals surface area contributed by atoms with Gasteiger partial charge in [-0.25, -0.2) is 4.98 Å². The van der Waals surface area contributed by atoms with Gasteiger partial charge in [-0.05, 0) is 25.7 Å². The Morgan fingerprint density at radius 2 is 2.18 bits per heavy atom. The number of hydrogen-bond donors (Lipinski definition) is 1. The number of likely N-dealkylation sites (tertiary alicyclic amines) is 1. The van der Waals surface area contributed by atoms with Crippen LogP contribution in [0.25, 0.3) is 0 Å².